The third-order valence-electron chi connectivity index (χ3n) is 9.44. The maximum absolute atomic E-state index is 13.6. The molecule has 0 atom stereocenters. The van der Waals surface area contributed by atoms with Crippen LogP contribution in [0.5, 0.6) is 0 Å². The standard InChI is InChI=1S/C34H33N7O2S/c35-18-14-24-6-12-28(13-7-24)41-32-30-17-21-40(44(42,43)29-4-2-1-3-5-29)34(30)37-23-31(32)38-33(41)26-15-19-39(20-16-26)27-10-8-25(22-36)9-11-27/h1-5,8-11,17,21,23-24,26,28H,6-7,12-16,19-20H2/t24-,28-. The zero-order valence-corrected chi connectivity index (χ0v) is 25.2. The Hall–Kier alpha value is -4.67. The van der Waals surface area contributed by atoms with Crippen molar-refractivity contribution in [3.63, 3.8) is 0 Å². The van der Waals surface area contributed by atoms with Crippen LogP contribution in [-0.4, -0.2) is 40.0 Å². The minimum Gasteiger partial charge on any atom is -0.371 e. The summed E-state index contributed by atoms with van der Waals surface area (Å²) in [6.45, 7) is 1.77. The first-order valence-corrected chi connectivity index (χ1v) is 16.7. The third-order valence-corrected chi connectivity index (χ3v) is 11.1. The fourth-order valence-corrected chi connectivity index (χ4v) is 8.42. The van der Waals surface area contributed by atoms with E-state index in [1.807, 2.05) is 30.3 Å². The Morgan fingerprint density at radius 1 is 0.886 bits per heavy atom. The van der Waals surface area contributed by atoms with Gasteiger partial charge in [-0.2, -0.15) is 10.5 Å². The summed E-state index contributed by atoms with van der Waals surface area (Å²) in [4.78, 5) is 12.4. The summed E-state index contributed by atoms with van der Waals surface area (Å²) < 4.78 is 30.9. The van der Waals surface area contributed by atoms with E-state index in [0.29, 0.717) is 23.5 Å². The van der Waals surface area contributed by atoms with Crippen LogP contribution in [0, 0.1) is 28.6 Å². The van der Waals surface area contributed by atoms with Crippen molar-refractivity contribution >= 4 is 37.8 Å². The van der Waals surface area contributed by atoms with Crippen LogP contribution in [0.2, 0.25) is 0 Å². The molecular weight excluding hydrogens is 570 g/mol. The van der Waals surface area contributed by atoms with Crippen molar-refractivity contribution in [1.29, 1.82) is 10.5 Å². The van der Waals surface area contributed by atoms with Crippen LogP contribution >= 0.6 is 0 Å². The number of imidazole rings is 1. The van der Waals surface area contributed by atoms with Crippen LogP contribution in [0.3, 0.4) is 0 Å². The van der Waals surface area contributed by atoms with E-state index < -0.39 is 10.0 Å². The SMILES string of the molecule is N#CC[C@H]1CC[C@H](n2c(C3CCN(c4ccc(C#N)cc4)CC3)nc3cnc4c(ccn4S(=O)(=O)c4ccccc4)c32)CC1. The molecule has 0 amide bonds. The van der Waals surface area contributed by atoms with E-state index in [-0.39, 0.29) is 16.9 Å². The van der Waals surface area contributed by atoms with Gasteiger partial charge in [-0.15, -0.1) is 0 Å². The maximum Gasteiger partial charge on any atom is 0.269 e. The number of piperidine rings is 1. The van der Waals surface area contributed by atoms with Crippen molar-refractivity contribution in [2.24, 2.45) is 5.92 Å². The zero-order chi connectivity index (χ0) is 30.3. The molecule has 3 aromatic heterocycles. The number of anilines is 1. The molecule has 2 aromatic carbocycles. The summed E-state index contributed by atoms with van der Waals surface area (Å²) in [6.07, 6.45) is 9.70. The number of hydrogen-bond acceptors (Lipinski definition) is 7. The average Bonchev–Trinajstić information content (AvgIpc) is 3.68. The number of aromatic nitrogens is 4. The molecule has 44 heavy (non-hydrogen) atoms. The lowest BCUT2D eigenvalue weighted by molar-refractivity contribution is 0.273. The lowest BCUT2D eigenvalue weighted by Gasteiger charge is -2.35. The lowest BCUT2D eigenvalue weighted by atomic mass is 9.84. The number of nitriles is 2. The molecule has 0 spiro atoms. The Kier molecular flexibility index (Phi) is 7.31. The van der Waals surface area contributed by atoms with Crippen LogP contribution in [0.4, 0.5) is 5.69 Å². The number of nitrogens with zero attached hydrogens (tertiary/aromatic N) is 7. The lowest BCUT2D eigenvalue weighted by Crippen LogP contribution is -2.34. The highest BCUT2D eigenvalue weighted by molar-refractivity contribution is 7.90. The van der Waals surface area contributed by atoms with E-state index in [2.05, 4.69) is 26.6 Å². The summed E-state index contributed by atoms with van der Waals surface area (Å²) in [6, 6.07) is 22.9. The normalized spacial score (nSPS) is 19.6. The van der Waals surface area contributed by atoms with E-state index in [0.717, 1.165) is 79.5 Å². The minimum absolute atomic E-state index is 0.221. The Bertz CT molecular complexity index is 2000. The second kappa shape index (κ2) is 11.4. The van der Waals surface area contributed by atoms with Gasteiger partial charge in [0.2, 0.25) is 0 Å². The largest absolute Gasteiger partial charge is 0.371 e. The molecule has 1 aliphatic carbocycles. The molecule has 1 aliphatic heterocycles. The summed E-state index contributed by atoms with van der Waals surface area (Å²) in [7, 11) is -3.82. The molecule has 0 radical (unpaired) electrons. The zero-order valence-electron chi connectivity index (χ0n) is 24.4. The first-order chi connectivity index (χ1) is 21.5. The average molecular weight is 604 g/mol. The molecular formula is C34H33N7O2S. The molecule has 0 unspecified atom stereocenters. The van der Waals surface area contributed by atoms with Crippen LogP contribution in [0.25, 0.3) is 22.1 Å². The Morgan fingerprint density at radius 2 is 1.61 bits per heavy atom. The van der Waals surface area contributed by atoms with E-state index in [1.54, 1.807) is 42.7 Å². The van der Waals surface area contributed by atoms with Crippen LogP contribution in [-0.2, 0) is 10.0 Å². The van der Waals surface area contributed by atoms with Crippen molar-refractivity contribution in [2.75, 3.05) is 18.0 Å². The third kappa shape index (κ3) is 4.89. The fraction of sp³-hybridized carbons (Fsp3) is 0.353. The van der Waals surface area contributed by atoms with Gasteiger partial charge in [0.05, 0.1) is 34.3 Å². The van der Waals surface area contributed by atoms with Gasteiger partial charge in [0.25, 0.3) is 10.0 Å². The van der Waals surface area contributed by atoms with Crippen molar-refractivity contribution < 1.29 is 8.42 Å². The molecule has 2 aliphatic rings. The number of fused-ring (bicyclic) bond motifs is 3. The quantitative estimate of drug-likeness (QED) is 0.217. The van der Waals surface area contributed by atoms with Gasteiger partial charge >= 0.3 is 0 Å². The minimum atomic E-state index is -3.82. The molecule has 7 rings (SSSR count). The van der Waals surface area contributed by atoms with Crippen LogP contribution in [0.15, 0.2) is 78.0 Å². The fourth-order valence-electron chi connectivity index (χ4n) is 7.10. The van der Waals surface area contributed by atoms with Gasteiger partial charge in [0.1, 0.15) is 11.3 Å². The van der Waals surface area contributed by atoms with Crippen LogP contribution < -0.4 is 4.90 Å². The Balaban J connectivity index is 1.28. The first kappa shape index (κ1) is 28.1. The molecule has 2 fully saturated rings. The molecule has 222 valence electrons. The Labute approximate surface area is 257 Å². The van der Waals surface area contributed by atoms with Gasteiger partial charge in [-0.1, -0.05) is 18.2 Å². The van der Waals surface area contributed by atoms with Gasteiger partial charge in [-0.25, -0.2) is 22.4 Å². The van der Waals surface area contributed by atoms with Crippen LogP contribution in [0.1, 0.15) is 68.3 Å². The molecule has 0 N–H and O–H groups in total. The van der Waals surface area contributed by atoms with E-state index in [9.17, 15) is 18.9 Å². The molecule has 9 nitrogen and oxygen atoms in total. The molecule has 1 saturated carbocycles. The number of rotatable bonds is 6. The summed E-state index contributed by atoms with van der Waals surface area (Å²) in [5.41, 5.74) is 3.93. The topological polar surface area (TPSA) is 121 Å². The summed E-state index contributed by atoms with van der Waals surface area (Å²) in [5.74, 6) is 1.72. The Morgan fingerprint density at radius 3 is 2.30 bits per heavy atom. The van der Waals surface area contributed by atoms with E-state index in [4.69, 9.17) is 4.98 Å². The van der Waals surface area contributed by atoms with E-state index >= 15 is 0 Å². The number of benzene rings is 2. The van der Waals surface area contributed by atoms with Crippen molar-refractivity contribution in [3.05, 3.63) is 84.4 Å². The van der Waals surface area contributed by atoms with Crippen molar-refractivity contribution in [2.45, 2.75) is 61.8 Å². The monoisotopic (exact) mass is 603 g/mol. The molecule has 0 bridgehead atoms. The van der Waals surface area contributed by atoms with Gasteiger partial charge in [0.15, 0.2) is 5.65 Å². The van der Waals surface area contributed by atoms with Gasteiger partial charge in [-0.3, -0.25) is 0 Å². The van der Waals surface area contributed by atoms with Gasteiger partial charge in [-0.05, 0) is 86.9 Å². The second-order valence-electron chi connectivity index (χ2n) is 12.0. The number of pyridine rings is 1. The second-order valence-corrected chi connectivity index (χ2v) is 13.8. The first-order valence-electron chi connectivity index (χ1n) is 15.3. The molecule has 5 aromatic rings. The molecule has 10 heteroatoms. The smallest absolute Gasteiger partial charge is 0.269 e. The molecule has 4 heterocycles. The molecule has 1 saturated heterocycles. The van der Waals surface area contributed by atoms with Crippen molar-refractivity contribution in [1.82, 2.24) is 18.5 Å². The highest BCUT2D eigenvalue weighted by Gasteiger charge is 2.32. The maximum atomic E-state index is 13.6. The van der Waals surface area contributed by atoms with Gasteiger partial charge < -0.3 is 9.47 Å². The predicted octanol–water partition coefficient (Wildman–Crippen LogP) is 6.52. The number of hydrogen-bond donors (Lipinski definition) is 0. The van der Waals surface area contributed by atoms with Crippen molar-refractivity contribution in [3.8, 4) is 12.1 Å². The highest BCUT2D eigenvalue weighted by atomic mass is 32.2. The highest BCUT2D eigenvalue weighted by Crippen LogP contribution is 2.41. The predicted molar refractivity (Wildman–Crippen MR) is 169 cm³/mol. The van der Waals surface area contributed by atoms with E-state index in [1.165, 1.54) is 3.97 Å². The summed E-state index contributed by atoms with van der Waals surface area (Å²) >= 11 is 0. The van der Waals surface area contributed by atoms with Gasteiger partial charge in [0, 0.05) is 48.7 Å². The summed E-state index contributed by atoms with van der Waals surface area (Å²) in [5, 5.41) is 19.2.